The fraction of sp³-hybridized carbons (Fsp3) is 0.364. The first-order valence-corrected chi connectivity index (χ1v) is 10.3. The summed E-state index contributed by atoms with van der Waals surface area (Å²) in [5, 5.41) is 4.40. The van der Waals surface area contributed by atoms with Crippen LogP contribution < -0.4 is 10.2 Å². The molecule has 0 saturated heterocycles. The van der Waals surface area contributed by atoms with E-state index in [9.17, 15) is 4.79 Å². The summed E-state index contributed by atoms with van der Waals surface area (Å²) in [5.41, 5.74) is 4.89. The largest absolute Gasteiger partial charge is 0.466 e. The molecule has 2 aromatic rings. The molecule has 6 heteroatoms. The van der Waals surface area contributed by atoms with E-state index in [1.54, 1.807) is 0 Å². The van der Waals surface area contributed by atoms with Crippen molar-refractivity contribution >= 4 is 46.3 Å². The predicted molar refractivity (Wildman–Crippen MR) is 119 cm³/mol. The van der Waals surface area contributed by atoms with Crippen LogP contribution in [0.5, 0.6) is 0 Å². The number of fused-ring (bicyclic) bond motifs is 1. The Morgan fingerprint density at radius 3 is 2.64 bits per heavy atom. The highest BCUT2D eigenvalue weighted by Gasteiger charge is 2.34. The average Bonchev–Trinajstić information content (AvgIpc) is 2.64. The molecule has 0 aliphatic carbocycles. The molecule has 3 rings (SSSR count). The standard InChI is InChI=1S/C22H25ClN2O2S/c1-4-5-10-27-21(26)13-20-16-11-14(2)6-8-18(16)24-22(28)25(20)19-9-7-15(3)12-17(19)23/h6-9,11-12,20H,4-5,10,13H2,1-3H3,(H,24,28). The maximum Gasteiger partial charge on any atom is 0.308 e. The second-order valence-corrected chi connectivity index (χ2v) is 7.93. The number of thiocarbonyl (C=S) groups is 1. The van der Waals surface area contributed by atoms with Crippen molar-refractivity contribution < 1.29 is 9.53 Å². The lowest BCUT2D eigenvalue weighted by molar-refractivity contribution is -0.144. The lowest BCUT2D eigenvalue weighted by atomic mass is 9.95. The van der Waals surface area contributed by atoms with Gasteiger partial charge in [-0.15, -0.1) is 0 Å². The van der Waals surface area contributed by atoms with Gasteiger partial charge in [0, 0.05) is 5.69 Å². The number of ether oxygens (including phenoxy) is 1. The molecule has 0 aromatic heterocycles. The van der Waals surface area contributed by atoms with E-state index in [-0.39, 0.29) is 18.4 Å². The Morgan fingerprint density at radius 1 is 1.21 bits per heavy atom. The van der Waals surface area contributed by atoms with Crippen LogP contribution in [0.3, 0.4) is 0 Å². The molecule has 0 amide bonds. The summed E-state index contributed by atoms with van der Waals surface area (Å²) in [5.74, 6) is -0.233. The van der Waals surface area contributed by atoms with Crippen LogP contribution in [0.15, 0.2) is 36.4 Å². The number of nitrogens with one attached hydrogen (secondary N) is 1. The summed E-state index contributed by atoms with van der Waals surface area (Å²) in [7, 11) is 0. The fourth-order valence-corrected chi connectivity index (χ4v) is 4.02. The number of carbonyl (C=O) groups excluding carboxylic acids is 1. The zero-order chi connectivity index (χ0) is 20.3. The molecule has 2 aromatic carbocycles. The van der Waals surface area contributed by atoms with Crippen molar-refractivity contribution in [1.82, 2.24) is 0 Å². The minimum Gasteiger partial charge on any atom is -0.466 e. The number of unbranched alkanes of at least 4 members (excludes halogenated alkanes) is 1. The molecule has 1 atom stereocenters. The fourth-order valence-electron chi connectivity index (χ4n) is 3.36. The Kier molecular flexibility index (Phi) is 6.57. The summed E-state index contributed by atoms with van der Waals surface area (Å²) >= 11 is 12.2. The molecule has 0 fully saturated rings. The first-order valence-electron chi connectivity index (χ1n) is 9.53. The maximum atomic E-state index is 12.6. The van der Waals surface area contributed by atoms with Crippen molar-refractivity contribution in [2.24, 2.45) is 0 Å². The van der Waals surface area contributed by atoms with Gasteiger partial charge in [0.25, 0.3) is 0 Å². The van der Waals surface area contributed by atoms with E-state index in [1.165, 1.54) is 0 Å². The van der Waals surface area contributed by atoms with Gasteiger partial charge in [-0.1, -0.05) is 48.7 Å². The normalized spacial score (nSPS) is 15.8. The van der Waals surface area contributed by atoms with Crippen LogP contribution in [-0.4, -0.2) is 17.7 Å². The van der Waals surface area contributed by atoms with Gasteiger partial charge in [0.2, 0.25) is 0 Å². The molecule has 0 radical (unpaired) electrons. The average molecular weight is 417 g/mol. The van der Waals surface area contributed by atoms with E-state index in [1.807, 2.05) is 49.1 Å². The number of benzene rings is 2. The van der Waals surface area contributed by atoms with E-state index in [0.717, 1.165) is 40.9 Å². The van der Waals surface area contributed by atoms with Crippen LogP contribution in [0.1, 0.15) is 48.9 Å². The molecule has 0 saturated carbocycles. The number of hydrogen-bond acceptors (Lipinski definition) is 3. The van der Waals surface area contributed by atoms with Crippen molar-refractivity contribution in [1.29, 1.82) is 0 Å². The van der Waals surface area contributed by atoms with Gasteiger partial charge in [0.1, 0.15) is 0 Å². The molecule has 4 nitrogen and oxygen atoms in total. The van der Waals surface area contributed by atoms with Crippen LogP contribution >= 0.6 is 23.8 Å². The summed E-state index contributed by atoms with van der Waals surface area (Å²) in [4.78, 5) is 14.5. The third kappa shape index (κ3) is 4.47. The maximum absolute atomic E-state index is 12.6. The van der Waals surface area contributed by atoms with Gasteiger partial charge in [0.05, 0.1) is 29.8 Å². The third-order valence-electron chi connectivity index (χ3n) is 4.82. The molecule has 1 N–H and O–H groups in total. The number of esters is 1. The minimum absolute atomic E-state index is 0.201. The topological polar surface area (TPSA) is 41.6 Å². The second-order valence-electron chi connectivity index (χ2n) is 7.14. The van der Waals surface area contributed by atoms with Crippen LogP contribution in [0.2, 0.25) is 5.02 Å². The number of aryl methyl sites for hydroxylation is 2. The quantitative estimate of drug-likeness (QED) is 0.358. The molecular weight excluding hydrogens is 392 g/mol. The number of rotatable bonds is 6. The molecule has 0 bridgehead atoms. The van der Waals surface area contributed by atoms with E-state index >= 15 is 0 Å². The highest BCUT2D eigenvalue weighted by Crippen LogP contribution is 2.41. The van der Waals surface area contributed by atoms with Gasteiger partial charge in [-0.05, 0) is 61.8 Å². The molecule has 148 valence electrons. The van der Waals surface area contributed by atoms with Crippen LogP contribution in [0, 0.1) is 13.8 Å². The number of anilines is 2. The summed E-state index contributed by atoms with van der Waals surface area (Å²) in [6.45, 7) is 6.53. The Balaban J connectivity index is 2.00. The van der Waals surface area contributed by atoms with Gasteiger partial charge in [0.15, 0.2) is 5.11 Å². The Labute approximate surface area is 176 Å². The predicted octanol–water partition coefficient (Wildman–Crippen LogP) is 5.95. The molecule has 1 heterocycles. The number of halogens is 1. The van der Waals surface area contributed by atoms with Gasteiger partial charge < -0.3 is 15.0 Å². The number of carbonyl (C=O) groups is 1. The first-order chi connectivity index (χ1) is 13.4. The highest BCUT2D eigenvalue weighted by atomic mass is 35.5. The molecule has 1 aliphatic heterocycles. The summed E-state index contributed by atoms with van der Waals surface area (Å²) in [6, 6.07) is 11.7. The molecule has 28 heavy (non-hydrogen) atoms. The van der Waals surface area contributed by atoms with E-state index in [0.29, 0.717) is 16.7 Å². The molecular formula is C22H25ClN2O2S. The Morgan fingerprint density at radius 2 is 1.93 bits per heavy atom. The zero-order valence-corrected chi connectivity index (χ0v) is 18.0. The lowest BCUT2D eigenvalue weighted by Gasteiger charge is -2.39. The zero-order valence-electron chi connectivity index (χ0n) is 16.4. The monoisotopic (exact) mass is 416 g/mol. The Bertz CT molecular complexity index is 900. The molecule has 1 aliphatic rings. The Hall–Kier alpha value is -2.11. The van der Waals surface area contributed by atoms with Crippen molar-refractivity contribution in [3.05, 3.63) is 58.1 Å². The van der Waals surface area contributed by atoms with Gasteiger partial charge >= 0.3 is 5.97 Å². The second kappa shape index (κ2) is 8.93. The third-order valence-corrected chi connectivity index (χ3v) is 5.42. The van der Waals surface area contributed by atoms with E-state index < -0.39 is 0 Å². The van der Waals surface area contributed by atoms with Gasteiger partial charge in [-0.2, -0.15) is 0 Å². The summed E-state index contributed by atoms with van der Waals surface area (Å²) in [6.07, 6.45) is 2.05. The lowest BCUT2D eigenvalue weighted by Crippen LogP contribution is -2.43. The van der Waals surface area contributed by atoms with E-state index in [4.69, 9.17) is 28.6 Å². The van der Waals surface area contributed by atoms with E-state index in [2.05, 4.69) is 18.3 Å². The molecule has 1 unspecified atom stereocenters. The van der Waals surface area contributed by atoms with Gasteiger partial charge in [-0.3, -0.25) is 4.79 Å². The number of hydrogen-bond donors (Lipinski definition) is 1. The highest BCUT2D eigenvalue weighted by molar-refractivity contribution is 7.80. The van der Waals surface area contributed by atoms with Crippen molar-refractivity contribution in [3.63, 3.8) is 0 Å². The van der Waals surface area contributed by atoms with Crippen LogP contribution in [0.4, 0.5) is 11.4 Å². The van der Waals surface area contributed by atoms with Crippen LogP contribution in [0.25, 0.3) is 0 Å². The SMILES string of the molecule is CCCCOC(=O)CC1c2cc(C)ccc2NC(=S)N1c1ccc(C)cc1Cl. The van der Waals surface area contributed by atoms with Crippen molar-refractivity contribution in [2.45, 2.75) is 46.1 Å². The summed E-state index contributed by atoms with van der Waals surface area (Å²) < 4.78 is 5.44. The van der Waals surface area contributed by atoms with Crippen molar-refractivity contribution in [3.8, 4) is 0 Å². The van der Waals surface area contributed by atoms with Crippen molar-refractivity contribution in [2.75, 3.05) is 16.8 Å². The smallest absolute Gasteiger partial charge is 0.308 e. The van der Waals surface area contributed by atoms with Gasteiger partial charge in [-0.25, -0.2) is 0 Å². The first kappa shape index (κ1) is 20.6. The van der Waals surface area contributed by atoms with Crippen LogP contribution in [-0.2, 0) is 9.53 Å². The number of nitrogens with zero attached hydrogens (tertiary/aromatic N) is 1. The minimum atomic E-state index is -0.280. The molecule has 0 spiro atoms.